The Hall–Kier alpha value is -4.62. The molecular formula is C22H23N7O10S2. The van der Waals surface area contributed by atoms with Gasteiger partial charge in [-0.1, -0.05) is 5.16 Å². The lowest BCUT2D eigenvalue weighted by atomic mass is 10.0. The van der Waals surface area contributed by atoms with Gasteiger partial charge in [0.2, 0.25) is 0 Å². The number of phenolic OH excluding ortho intramolecular Hbond substituents is 2. The van der Waals surface area contributed by atoms with Crippen LogP contribution in [0.4, 0.5) is 5.13 Å². The van der Waals surface area contributed by atoms with Crippen LogP contribution in [0.3, 0.4) is 0 Å². The number of carbonyl (C=O) groups is 3. The first kappa shape index (κ1) is 29.4. The van der Waals surface area contributed by atoms with E-state index in [0.29, 0.717) is 0 Å². The minimum atomic E-state index is -4.80. The normalized spacial score (nSPS) is 18.2. The molecule has 1 fully saturated rings. The van der Waals surface area contributed by atoms with Crippen molar-refractivity contribution in [2.45, 2.75) is 44.9 Å². The molecule has 1 aliphatic heterocycles. The van der Waals surface area contributed by atoms with Crippen molar-refractivity contribution >= 4 is 61.3 Å². The maximum atomic E-state index is 13.0. The molecule has 0 radical (unpaired) electrons. The fourth-order valence-corrected chi connectivity index (χ4v) is 5.34. The number of rotatable bonds is 10. The number of hydrogen-bond acceptors (Lipinski definition) is 14. The van der Waals surface area contributed by atoms with Gasteiger partial charge in [-0.3, -0.25) is 14.1 Å². The number of β-lactam (4-membered cyclic amide) rings is 1. The monoisotopic (exact) mass is 609 g/mol. The molecule has 19 heteroatoms. The molecule has 3 atom stereocenters. The van der Waals surface area contributed by atoms with E-state index in [4.69, 9.17) is 15.1 Å². The summed E-state index contributed by atoms with van der Waals surface area (Å²) >= 11 is 1.00. The summed E-state index contributed by atoms with van der Waals surface area (Å²) in [6.07, 6.45) is -0.544. The first-order chi connectivity index (χ1) is 19.2. The van der Waals surface area contributed by atoms with Gasteiger partial charge in [0.1, 0.15) is 17.8 Å². The number of fused-ring (bicyclic) bond motifs is 1. The van der Waals surface area contributed by atoms with Crippen LogP contribution in [-0.4, -0.2) is 89.2 Å². The summed E-state index contributed by atoms with van der Waals surface area (Å²) in [6, 6.07) is -0.111. The highest BCUT2D eigenvalue weighted by atomic mass is 32.2. The summed E-state index contributed by atoms with van der Waals surface area (Å²) in [6.45, 7) is 2.89. The quantitative estimate of drug-likeness (QED) is 0.0582. The summed E-state index contributed by atoms with van der Waals surface area (Å²) in [4.78, 5) is 54.6. The number of carbonyl (C=O) groups excluding carboxylic acids is 2. The van der Waals surface area contributed by atoms with Crippen LogP contribution in [0, 0.1) is 0 Å². The second-order valence-electron chi connectivity index (χ2n) is 8.92. The van der Waals surface area contributed by atoms with E-state index in [1.807, 2.05) is 0 Å². The van der Waals surface area contributed by atoms with Gasteiger partial charge in [-0.2, -0.15) is 8.42 Å². The molecule has 17 nitrogen and oxygen atoms in total. The molecule has 7 N–H and O–H groups in total. The molecule has 1 aliphatic rings. The second-order valence-corrected chi connectivity index (χ2v) is 11.1. The number of nitrogens with one attached hydrogen (secondary N) is 1. The number of hydrogen-bond donors (Lipinski definition) is 6. The molecule has 218 valence electrons. The van der Waals surface area contributed by atoms with Crippen LogP contribution in [0.25, 0.3) is 11.0 Å². The number of thiazole rings is 1. The van der Waals surface area contributed by atoms with Gasteiger partial charge in [-0.05, 0) is 26.7 Å². The number of anilines is 1. The van der Waals surface area contributed by atoms with Crippen molar-refractivity contribution in [2.24, 2.45) is 5.16 Å². The smallest absolute Gasteiger partial charge is 0.362 e. The molecule has 0 aliphatic carbocycles. The third-order valence-corrected chi connectivity index (χ3v) is 7.68. The standard InChI is InChI=1S/C22H23N7O10S2/c1-8(3-4-10-18(21(34)35)25-12-6-15(31)14(30)5-11(12)24-10)39-28-17(13-7-40-22(23)26-13)19(32)27-16-9(2)29(20(16)33)41(36,37)38/h5-9,16,30-31H,3-4H2,1-2H3,(H2,23,26)(H,27,32)(H,34,35)(H,36,37,38). The first-order valence-electron chi connectivity index (χ1n) is 11.7. The lowest BCUT2D eigenvalue weighted by Gasteiger charge is -2.42. The maximum Gasteiger partial charge on any atom is 0.362 e. The van der Waals surface area contributed by atoms with Gasteiger partial charge in [0.05, 0.1) is 22.8 Å². The van der Waals surface area contributed by atoms with Crippen LogP contribution in [0.2, 0.25) is 0 Å². The fourth-order valence-electron chi connectivity index (χ4n) is 3.91. The van der Waals surface area contributed by atoms with E-state index < -0.39 is 57.8 Å². The molecule has 3 unspecified atom stereocenters. The summed E-state index contributed by atoms with van der Waals surface area (Å²) in [5.41, 5.74) is 5.22. The molecule has 1 saturated heterocycles. The third-order valence-electron chi connectivity index (χ3n) is 6.00. The van der Waals surface area contributed by atoms with E-state index in [9.17, 15) is 38.1 Å². The Morgan fingerprint density at radius 2 is 1.85 bits per heavy atom. The SMILES string of the molecule is CC(CCc1nc2cc(O)c(O)cc2nc1C(=O)O)ON=C(C(=O)NC1C(=O)N(S(=O)(=O)O)C1C)c1csc(N)n1. The molecule has 0 spiro atoms. The Bertz CT molecular complexity index is 1690. The number of nitrogens with two attached hydrogens (primary N) is 1. The van der Waals surface area contributed by atoms with Crippen molar-refractivity contribution in [3.63, 3.8) is 0 Å². The van der Waals surface area contributed by atoms with E-state index in [-0.39, 0.29) is 56.1 Å². The highest BCUT2D eigenvalue weighted by Gasteiger charge is 2.51. The maximum absolute atomic E-state index is 13.0. The Labute approximate surface area is 235 Å². The summed E-state index contributed by atoms with van der Waals surface area (Å²) in [7, 11) is -4.80. The molecule has 41 heavy (non-hydrogen) atoms. The van der Waals surface area contributed by atoms with Crippen LogP contribution in [0.1, 0.15) is 42.1 Å². The minimum absolute atomic E-state index is 0.0138. The van der Waals surface area contributed by atoms with Gasteiger partial charge >= 0.3 is 16.3 Å². The molecule has 3 heterocycles. The Kier molecular flexibility index (Phi) is 7.95. The highest BCUT2D eigenvalue weighted by Crippen LogP contribution is 2.29. The molecule has 2 amide bonds. The number of nitrogen functional groups attached to an aromatic ring is 1. The summed E-state index contributed by atoms with van der Waals surface area (Å²) in [5.74, 6) is -4.28. The van der Waals surface area contributed by atoms with Gasteiger partial charge in [-0.25, -0.2) is 24.1 Å². The predicted octanol–water partition coefficient (Wildman–Crippen LogP) is 0.0382. The van der Waals surface area contributed by atoms with Crippen LogP contribution in [-0.2, 0) is 31.2 Å². The topological polar surface area (TPSA) is 268 Å². The van der Waals surface area contributed by atoms with Gasteiger partial charge in [-0.15, -0.1) is 11.3 Å². The van der Waals surface area contributed by atoms with Crippen molar-refractivity contribution in [3.8, 4) is 11.5 Å². The number of phenols is 2. The average Bonchev–Trinajstić information content (AvgIpc) is 3.31. The van der Waals surface area contributed by atoms with E-state index in [2.05, 4.69) is 25.4 Å². The zero-order valence-electron chi connectivity index (χ0n) is 21.2. The second kappa shape index (κ2) is 11.1. The van der Waals surface area contributed by atoms with Gasteiger partial charge in [0.25, 0.3) is 11.8 Å². The zero-order valence-corrected chi connectivity index (χ0v) is 22.9. The van der Waals surface area contributed by atoms with Gasteiger partial charge < -0.3 is 31.2 Å². The van der Waals surface area contributed by atoms with Crippen molar-refractivity contribution < 1.29 is 47.5 Å². The lowest BCUT2D eigenvalue weighted by Crippen LogP contribution is -2.71. The van der Waals surface area contributed by atoms with Crippen molar-refractivity contribution in [1.29, 1.82) is 0 Å². The van der Waals surface area contributed by atoms with Crippen LogP contribution in [0.15, 0.2) is 22.7 Å². The van der Waals surface area contributed by atoms with Gasteiger partial charge in [0.15, 0.2) is 28.0 Å². The van der Waals surface area contributed by atoms with Crippen LogP contribution < -0.4 is 11.1 Å². The summed E-state index contributed by atoms with van der Waals surface area (Å²) in [5, 5.41) is 36.7. The average molecular weight is 610 g/mol. The number of oxime groups is 1. The number of carboxylic acid groups (broad SMARTS) is 1. The Morgan fingerprint density at radius 1 is 1.22 bits per heavy atom. The zero-order chi connectivity index (χ0) is 30.2. The van der Waals surface area contributed by atoms with Crippen molar-refractivity contribution in [2.75, 3.05) is 5.73 Å². The minimum Gasteiger partial charge on any atom is -0.504 e. The fraction of sp³-hybridized carbons (Fsp3) is 0.318. The molecule has 4 rings (SSSR count). The predicted molar refractivity (Wildman–Crippen MR) is 142 cm³/mol. The first-order valence-corrected chi connectivity index (χ1v) is 14.0. The number of aryl methyl sites for hydroxylation is 1. The molecule has 1 aromatic carbocycles. The number of aromatic hydroxyl groups is 2. The third kappa shape index (κ3) is 6.10. The molecule has 2 aromatic heterocycles. The largest absolute Gasteiger partial charge is 0.504 e. The number of nitrogens with zero attached hydrogens (tertiary/aromatic N) is 5. The Balaban J connectivity index is 1.50. The number of carboxylic acids is 1. The van der Waals surface area contributed by atoms with E-state index in [1.54, 1.807) is 6.92 Å². The molecule has 3 aromatic rings. The van der Waals surface area contributed by atoms with Crippen LogP contribution >= 0.6 is 11.3 Å². The molecule has 0 bridgehead atoms. The molecule has 0 saturated carbocycles. The van der Waals surface area contributed by atoms with E-state index in [1.165, 1.54) is 12.3 Å². The number of aromatic carboxylic acids is 1. The highest BCUT2D eigenvalue weighted by molar-refractivity contribution is 7.84. The van der Waals surface area contributed by atoms with Crippen molar-refractivity contribution in [3.05, 3.63) is 34.6 Å². The number of aromatic nitrogens is 3. The number of benzene rings is 1. The lowest BCUT2D eigenvalue weighted by molar-refractivity contribution is -0.143. The van der Waals surface area contributed by atoms with E-state index in [0.717, 1.165) is 23.5 Å². The summed E-state index contributed by atoms with van der Waals surface area (Å²) < 4.78 is 32.1. The Morgan fingerprint density at radius 3 is 2.39 bits per heavy atom. The van der Waals surface area contributed by atoms with Crippen LogP contribution in [0.5, 0.6) is 11.5 Å². The van der Waals surface area contributed by atoms with Crippen molar-refractivity contribution in [1.82, 2.24) is 24.6 Å². The van der Waals surface area contributed by atoms with Gasteiger partial charge in [0, 0.05) is 17.5 Å². The number of amides is 2. The molecular weight excluding hydrogens is 586 g/mol. The van der Waals surface area contributed by atoms with E-state index >= 15 is 0 Å².